The number of nitrogens with zero attached hydrogens (tertiary/aromatic N) is 2. The van der Waals surface area contributed by atoms with E-state index in [0.717, 1.165) is 38.4 Å². The molecule has 0 unspecified atom stereocenters. The maximum Gasteiger partial charge on any atom is 0.250 e. The molecule has 1 aromatic heterocycles. The Kier molecular flexibility index (Phi) is 9.70. The Morgan fingerprint density at radius 3 is 2.45 bits per heavy atom. The van der Waals surface area contributed by atoms with Crippen molar-refractivity contribution >= 4 is 29.9 Å². The van der Waals surface area contributed by atoms with Crippen LogP contribution >= 0.6 is 24.0 Å². The summed E-state index contributed by atoms with van der Waals surface area (Å²) < 4.78 is 1.76. The van der Waals surface area contributed by atoms with Crippen LogP contribution in [0.5, 0.6) is 0 Å². The minimum atomic E-state index is 0. The van der Waals surface area contributed by atoms with Crippen molar-refractivity contribution in [2.75, 3.05) is 20.1 Å². The van der Waals surface area contributed by atoms with Gasteiger partial charge in [0.1, 0.15) is 0 Å². The number of aliphatic imine (C=N–C) groups is 1. The van der Waals surface area contributed by atoms with Gasteiger partial charge in [0, 0.05) is 44.4 Å². The first-order valence-electron chi connectivity index (χ1n) is 10.4. The fourth-order valence-electron chi connectivity index (χ4n) is 4.14. The molecular weight excluding hydrogens is 475 g/mol. The van der Waals surface area contributed by atoms with E-state index in [-0.39, 0.29) is 35.0 Å². The lowest BCUT2D eigenvalue weighted by Crippen LogP contribution is -2.45. The standard InChI is InChI=1S/C23H32N4O.HI/c1-24-22(25-16-8-10-18-27-17-9-5-13-21(27)28)26-19-23(14-6-7-15-23)20-11-3-2-4-12-20;/h2-5,9,11-13,17H,6-8,10,14-16,18-19H2,1H3,(H2,24,25,26);1H. The maximum atomic E-state index is 11.7. The molecule has 0 saturated heterocycles. The summed E-state index contributed by atoms with van der Waals surface area (Å²) in [5.74, 6) is 0.860. The third kappa shape index (κ3) is 6.59. The molecule has 0 aliphatic heterocycles. The highest BCUT2D eigenvalue weighted by atomic mass is 127. The molecule has 1 aromatic carbocycles. The zero-order chi connectivity index (χ0) is 19.7. The van der Waals surface area contributed by atoms with E-state index in [4.69, 9.17) is 0 Å². The molecule has 0 atom stereocenters. The Morgan fingerprint density at radius 2 is 1.76 bits per heavy atom. The van der Waals surface area contributed by atoms with Crippen molar-refractivity contribution in [3.05, 3.63) is 70.6 Å². The quantitative estimate of drug-likeness (QED) is 0.246. The molecule has 2 aromatic rings. The van der Waals surface area contributed by atoms with E-state index in [9.17, 15) is 4.79 Å². The van der Waals surface area contributed by atoms with Crippen molar-refractivity contribution in [1.82, 2.24) is 15.2 Å². The van der Waals surface area contributed by atoms with Crippen LogP contribution in [0.1, 0.15) is 44.1 Å². The number of benzene rings is 1. The van der Waals surface area contributed by atoms with Crippen molar-refractivity contribution in [2.24, 2.45) is 4.99 Å². The molecule has 0 radical (unpaired) electrons. The Balaban J connectivity index is 0.00000300. The molecule has 158 valence electrons. The predicted molar refractivity (Wildman–Crippen MR) is 131 cm³/mol. The third-order valence-corrected chi connectivity index (χ3v) is 5.78. The number of aromatic nitrogens is 1. The summed E-state index contributed by atoms with van der Waals surface area (Å²) in [5.41, 5.74) is 1.72. The summed E-state index contributed by atoms with van der Waals surface area (Å²) in [6, 6.07) is 16.2. The van der Waals surface area contributed by atoms with Crippen LogP contribution in [0.25, 0.3) is 0 Å². The van der Waals surface area contributed by atoms with Gasteiger partial charge in [-0.15, -0.1) is 24.0 Å². The predicted octanol–water partition coefficient (Wildman–Crippen LogP) is 3.92. The molecule has 0 amide bonds. The Morgan fingerprint density at radius 1 is 1.03 bits per heavy atom. The largest absolute Gasteiger partial charge is 0.356 e. The fraction of sp³-hybridized carbons (Fsp3) is 0.478. The monoisotopic (exact) mass is 508 g/mol. The summed E-state index contributed by atoms with van der Waals surface area (Å²) in [5, 5.41) is 6.97. The van der Waals surface area contributed by atoms with E-state index in [1.54, 1.807) is 16.7 Å². The van der Waals surface area contributed by atoms with Gasteiger partial charge in [0.15, 0.2) is 5.96 Å². The zero-order valence-electron chi connectivity index (χ0n) is 17.3. The molecule has 0 spiro atoms. The minimum absolute atomic E-state index is 0. The topological polar surface area (TPSA) is 58.4 Å². The maximum absolute atomic E-state index is 11.7. The fourth-order valence-corrected chi connectivity index (χ4v) is 4.14. The molecule has 2 N–H and O–H groups in total. The van der Waals surface area contributed by atoms with Gasteiger partial charge in [-0.05, 0) is 37.3 Å². The van der Waals surface area contributed by atoms with Crippen LogP contribution in [0, 0.1) is 0 Å². The second-order valence-corrected chi connectivity index (χ2v) is 7.65. The first-order chi connectivity index (χ1) is 13.7. The number of hydrogen-bond acceptors (Lipinski definition) is 2. The van der Waals surface area contributed by atoms with E-state index >= 15 is 0 Å². The van der Waals surface area contributed by atoms with Crippen molar-refractivity contribution < 1.29 is 0 Å². The Labute approximate surface area is 191 Å². The zero-order valence-corrected chi connectivity index (χ0v) is 19.6. The normalized spacial score (nSPS) is 15.6. The summed E-state index contributed by atoms with van der Waals surface area (Å²) in [6.07, 6.45) is 8.84. The highest BCUT2D eigenvalue weighted by molar-refractivity contribution is 14.0. The van der Waals surface area contributed by atoms with Gasteiger partial charge in [0.25, 0.3) is 0 Å². The molecule has 0 bridgehead atoms. The number of hydrogen-bond donors (Lipinski definition) is 2. The number of guanidine groups is 1. The van der Waals surface area contributed by atoms with Crippen LogP contribution in [-0.4, -0.2) is 30.7 Å². The lowest BCUT2D eigenvalue weighted by molar-refractivity contribution is 0.431. The minimum Gasteiger partial charge on any atom is -0.356 e. The average Bonchev–Trinajstić information content (AvgIpc) is 3.22. The van der Waals surface area contributed by atoms with E-state index in [2.05, 4.69) is 46.0 Å². The van der Waals surface area contributed by atoms with Gasteiger partial charge in [-0.25, -0.2) is 0 Å². The van der Waals surface area contributed by atoms with Crippen LogP contribution in [0.4, 0.5) is 0 Å². The average molecular weight is 508 g/mol. The van der Waals surface area contributed by atoms with Gasteiger partial charge in [0.05, 0.1) is 0 Å². The molecule has 3 rings (SSSR count). The third-order valence-electron chi connectivity index (χ3n) is 5.78. The first kappa shape index (κ1) is 23.4. The summed E-state index contributed by atoms with van der Waals surface area (Å²) in [7, 11) is 1.82. The first-order valence-corrected chi connectivity index (χ1v) is 10.4. The number of rotatable bonds is 8. The van der Waals surface area contributed by atoms with Crippen LogP contribution in [0.15, 0.2) is 64.5 Å². The highest BCUT2D eigenvalue weighted by Crippen LogP contribution is 2.40. The smallest absolute Gasteiger partial charge is 0.250 e. The molecule has 29 heavy (non-hydrogen) atoms. The number of nitrogens with one attached hydrogen (secondary N) is 2. The van der Waals surface area contributed by atoms with Gasteiger partial charge in [0.2, 0.25) is 5.56 Å². The Bertz CT molecular complexity index is 813. The van der Waals surface area contributed by atoms with E-state index in [1.807, 2.05) is 19.3 Å². The number of halogens is 1. The lowest BCUT2D eigenvalue weighted by atomic mass is 9.79. The molecule has 1 aliphatic carbocycles. The van der Waals surface area contributed by atoms with Gasteiger partial charge in [-0.3, -0.25) is 9.79 Å². The van der Waals surface area contributed by atoms with Crippen molar-refractivity contribution in [3.8, 4) is 0 Å². The number of pyridine rings is 1. The van der Waals surface area contributed by atoms with Crippen molar-refractivity contribution in [1.29, 1.82) is 0 Å². The van der Waals surface area contributed by atoms with E-state index < -0.39 is 0 Å². The highest BCUT2D eigenvalue weighted by Gasteiger charge is 2.35. The van der Waals surface area contributed by atoms with Crippen molar-refractivity contribution in [3.63, 3.8) is 0 Å². The molecule has 1 aliphatic rings. The van der Waals surface area contributed by atoms with Gasteiger partial charge >= 0.3 is 0 Å². The molecule has 1 saturated carbocycles. The molecule has 1 heterocycles. The van der Waals surface area contributed by atoms with Crippen LogP contribution < -0.4 is 16.2 Å². The van der Waals surface area contributed by atoms with E-state index in [0.29, 0.717) is 0 Å². The molecule has 5 nitrogen and oxygen atoms in total. The lowest BCUT2D eigenvalue weighted by Gasteiger charge is -2.30. The van der Waals surface area contributed by atoms with Crippen LogP contribution in [0.2, 0.25) is 0 Å². The van der Waals surface area contributed by atoms with Crippen molar-refractivity contribution in [2.45, 2.75) is 50.5 Å². The Hall–Kier alpha value is -1.83. The SMILES string of the molecule is CN=C(NCCCCn1ccccc1=O)NCC1(c2ccccc2)CCCC1.I. The molecular formula is C23H33IN4O. The second kappa shape index (κ2) is 12.0. The van der Waals surface area contributed by atoms with Crippen LogP contribution in [0.3, 0.4) is 0 Å². The summed E-state index contributed by atoms with van der Waals surface area (Å²) in [6.45, 7) is 2.51. The van der Waals surface area contributed by atoms with E-state index in [1.165, 1.54) is 31.2 Å². The summed E-state index contributed by atoms with van der Waals surface area (Å²) >= 11 is 0. The number of unbranched alkanes of at least 4 members (excludes halogenated alkanes) is 1. The van der Waals surface area contributed by atoms with Gasteiger partial charge in [-0.1, -0.05) is 49.2 Å². The second-order valence-electron chi connectivity index (χ2n) is 7.65. The summed E-state index contributed by atoms with van der Waals surface area (Å²) in [4.78, 5) is 16.1. The molecule has 6 heteroatoms. The van der Waals surface area contributed by atoms with Gasteiger partial charge in [-0.2, -0.15) is 0 Å². The van der Waals surface area contributed by atoms with Gasteiger partial charge < -0.3 is 15.2 Å². The van der Waals surface area contributed by atoms with Crippen LogP contribution in [-0.2, 0) is 12.0 Å². The number of aryl methyl sites for hydroxylation is 1. The molecule has 1 fully saturated rings.